The molecule has 11 heavy (non-hydrogen) atoms. The second-order valence-corrected chi connectivity index (χ2v) is 2.38. The van der Waals surface area contributed by atoms with Crippen LogP contribution in [0.4, 0.5) is 13.2 Å². The summed E-state index contributed by atoms with van der Waals surface area (Å²) in [5, 5.41) is 3.27. The van der Waals surface area contributed by atoms with Crippen molar-refractivity contribution in [1.29, 1.82) is 0 Å². The summed E-state index contributed by atoms with van der Waals surface area (Å²) in [6.07, 6.45) is -4.51. The molecule has 0 fully saturated rings. The first kappa shape index (κ1) is 11.2. The standard InChI is InChI=1S/C3HF3N2OS.Na.H/c4-3(5,6)1-7-8-2(9)10-1;;/h(H,8,9);;/q;+1;-1. The molecule has 3 nitrogen and oxygen atoms in total. The molecule has 1 heterocycles. The molecule has 1 rings (SSSR count). The molecule has 0 aromatic carbocycles. The first-order valence-corrected chi connectivity index (χ1v) is 2.94. The molecule has 0 bridgehead atoms. The molecular weight excluding hydrogens is 192 g/mol. The van der Waals surface area contributed by atoms with Gasteiger partial charge in [-0.25, -0.2) is 5.10 Å². The van der Waals surface area contributed by atoms with Crippen molar-refractivity contribution in [2.24, 2.45) is 0 Å². The summed E-state index contributed by atoms with van der Waals surface area (Å²) in [5.41, 5.74) is 0. The van der Waals surface area contributed by atoms with Gasteiger partial charge in [0.05, 0.1) is 0 Å². The summed E-state index contributed by atoms with van der Waals surface area (Å²) in [6.45, 7) is 0. The molecule has 0 aliphatic rings. The van der Waals surface area contributed by atoms with Crippen molar-refractivity contribution in [3.8, 4) is 0 Å². The van der Waals surface area contributed by atoms with Crippen LogP contribution in [0.1, 0.15) is 6.43 Å². The molecule has 0 saturated carbocycles. The van der Waals surface area contributed by atoms with Gasteiger partial charge in [-0.05, 0) is 11.3 Å². The maximum Gasteiger partial charge on any atom is 1.00 e. The Morgan fingerprint density at radius 2 is 2.09 bits per heavy atom. The second kappa shape index (κ2) is 3.70. The predicted molar refractivity (Wildman–Crippen MR) is 28.8 cm³/mol. The van der Waals surface area contributed by atoms with Gasteiger partial charge in [0.1, 0.15) is 0 Å². The van der Waals surface area contributed by atoms with Crippen molar-refractivity contribution in [3.05, 3.63) is 14.7 Å². The van der Waals surface area contributed by atoms with Crippen LogP contribution < -0.4 is 34.4 Å². The quantitative estimate of drug-likeness (QED) is 0.484. The van der Waals surface area contributed by atoms with Gasteiger partial charge < -0.3 is 1.43 Å². The molecular formula is C3H2F3N2NaOS. The van der Waals surface area contributed by atoms with E-state index in [0.717, 1.165) is 0 Å². The van der Waals surface area contributed by atoms with E-state index in [1.807, 2.05) is 0 Å². The number of alkyl halides is 3. The average Bonchev–Trinajstić information content (AvgIpc) is 2.11. The number of nitrogens with zero attached hydrogens (tertiary/aromatic N) is 1. The summed E-state index contributed by atoms with van der Waals surface area (Å²) in [5.74, 6) is 0. The van der Waals surface area contributed by atoms with Gasteiger partial charge in [-0.3, -0.25) is 4.79 Å². The van der Waals surface area contributed by atoms with Crippen LogP contribution in [0.2, 0.25) is 0 Å². The molecule has 1 N–H and O–H groups in total. The van der Waals surface area contributed by atoms with Crippen LogP contribution in [0, 0.1) is 0 Å². The molecule has 1 aromatic rings. The minimum atomic E-state index is -4.51. The van der Waals surface area contributed by atoms with E-state index in [-0.39, 0.29) is 42.3 Å². The van der Waals surface area contributed by atoms with Gasteiger partial charge in [0.2, 0.25) is 5.01 Å². The van der Waals surface area contributed by atoms with Crippen molar-refractivity contribution < 1.29 is 44.2 Å². The van der Waals surface area contributed by atoms with Gasteiger partial charge in [-0.2, -0.15) is 18.3 Å². The SMILES string of the molecule is O=c1[nH]nc(C(F)(F)F)s1.[H-].[Na+]. The van der Waals surface area contributed by atoms with Crippen LogP contribution in [0.3, 0.4) is 0 Å². The van der Waals surface area contributed by atoms with Crippen molar-refractivity contribution >= 4 is 11.3 Å². The van der Waals surface area contributed by atoms with Crippen LogP contribution in [-0.2, 0) is 6.18 Å². The largest absolute Gasteiger partial charge is 1.00 e. The number of hydrogen-bond acceptors (Lipinski definition) is 3. The summed E-state index contributed by atoms with van der Waals surface area (Å²) in [4.78, 5) is 9.34. The van der Waals surface area contributed by atoms with E-state index in [9.17, 15) is 18.0 Å². The number of aromatic amines is 1. The molecule has 0 unspecified atom stereocenters. The minimum absolute atomic E-state index is 0. The molecule has 0 saturated heterocycles. The summed E-state index contributed by atoms with van der Waals surface area (Å²) >= 11 is 0.0475. The van der Waals surface area contributed by atoms with Crippen molar-refractivity contribution in [1.82, 2.24) is 10.2 Å². The fraction of sp³-hybridized carbons (Fsp3) is 0.333. The van der Waals surface area contributed by atoms with Gasteiger partial charge in [0.15, 0.2) is 0 Å². The first-order valence-electron chi connectivity index (χ1n) is 2.13. The zero-order chi connectivity index (χ0) is 7.78. The number of nitrogens with one attached hydrogen (secondary N) is 1. The Bertz CT molecular complexity index is 284. The Balaban J connectivity index is 0. The van der Waals surface area contributed by atoms with Gasteiger partial charge in [-0.15, -0.1) is 0 Å². The van der Waals surface area contributed by atoms with Crippen LogP contribution >= 0.6 is 11.3 Å². The van der Waals surface area contributed by atoms with Gasteiger partial charge in [0, 0.05) is 0 Å². The summed E-state index contributed by atoms with van der Waals surface area (Å²) in [6, 6.07) is 0. The van der Waals surface area contributed by atoms with Crippen molar-refractivity contribution in [2.75, 3.05) is 0 Å². The zero-order valence-electron chi connectivity index (χ0n) is 6.40. The van der Waals surface area contributed by atoms with Crippen molar-refractivity contribution in [2.45, 2.75) is 6.18 Å². The van der Waals surface area contributed by atoms with E-state index in [4.69, 9.17) is 0 Å². The van der Waals surface area contributed by atoms with Crippen LogP contribution in [0.25, 0.3) is 0 Å². The van der Waals surface area contributed by atoms with E-state index in [1.165, 1.54) is 0 Å². The Morgan fingerprint density at radius 1 is 1.55 bits per heavy atom. The minimum Gasteiger partial charge on any atom is -1.00 e. The Morgan fingerprint density at radius 3 is 2.27 bits per heavy atom. The Labute approximate surface area is 86.4 Å². The number of halogens is 3. The van der Waals surface area contributed by atoms with Crippen LogP contribution in [0.15, 0.2) is 4.79 Å². The first-order chi connectivity index (χ1) is 4.50. The Hall–Kier alpha value is 0.150. The third kappa shape index (κ3) is 2.94. The summed E-state index contributed by atoms with van der Waals surface area (Å²) < 4.78 is 34.8. The smallest absolute Gasteiger partial charge is 1.00 e. The fourth-order valence-electron chi connectivity index (χ4n) is 0.351. The van der Waals surface area contributed by atoms with Gasteiger partial charge in [-0.1, -0.05) is 0 Å². The van der Waals surface area contributed by atoms with E-state index in [1.54, 1.807) is 5.10 Å². The third-order valence-corrected chi connectivity index (χ3v) is 1.47. The van der Waals surface area contributed by atoms with Crippen LogP contribution in [0.5, 0.6) is 0 Å². The molecule has 0 aliphatic carbocycles. The molecule has 0 radical (unpaired) electrons. The van der Waals surface area contributed by atoms with Gasteiger partial charge in [0.25, 0.3) is 0 Å². The molecule has 58 valence electrons. The van der Waals surface area contributed by atoms with E-state index >= 15 is 0 Å². The van der Waals surface area contributed by atoms with Gasteiger partial charge >= 0.3 is 40.6 Å². The third-order valence-electron chi connectivity index (χ3n) is 0.681. The maximum absolute atomic E-state index is 11.6. The zero-order valence-corrected chi connectivity index (χ0v) is 8.21. The number of hydrogen-bond donors (Lipinski definition) is 1. The number of rotatable bonds is 0. The summed E-state index contributed by atoms with van der Waals surface area (Å²) in [7, 11) is 0. The van der Waals surface area contributed by atoms with E-state index < -0.39 is 16.1 Å². The van der Waals surface area contributed by atoms with E-state index in [2.05, 4.69) is 5.10 Å². The monoisotopic (exact) mass is 194 g/mol. The normalized spacial score (nSPS) is 10.8. The predicted octanol–water partition coefficient (Wildman–Crippen LogP) is -2.03. The van der Waals surface area contributed by atoms with Crippen LogP contribution in [-0.4, -0.2) is 10.2 Å². The molecule has 0 aliphatic heterocycles. The molecule has 0 spiro atoms. The van der Waals surface area contributed by atoms with E-state index in [0.29, 0.717) is 0 Å². The number of H-pyrrole nitrogens is 1. The Kier molecular flexibility index (Phi) is 3.75. The topological polar surface area (TPSA) is 45.8 Å². The molecule has 1 aromatic heterocycles. The fourth-order valence-corrected chi connectivity index (χ4v) is 0.825. The molecule has 0 amide bonds. The van der Waals surface area contributed by atoms with Crippen molar-refractivity contribution in [3.63, 3.8) is 0 Å². The molecule has 8 heteroatoms. The number of aromatic nitrogens is 2. The maximum atomic E-state index is 11.6. The average molecular weight is 194 g/mol. The molecule has 0 atom stereocenters. The second-order valence-electron chi connectivity index (χ2n) is 1.42.